The predicted octanol–water partition coefficient (Wildman–Crippen LogP) is 5.50. The molecule has 0 unspecified atom stereocenters. The quantitative estimate of drug-likeness (QED) is 0.609. The molecule has 106 valence electrons. The summed E-state index contributed by atoms with van der Waals surface area (Å²) < 4.78 is 0. The first kappa shape index (κ1) is 14.6. The fourth-order valence-corrected chi connectivity index (χ4v) is 3.43. The maximum Gasteiger partial charge on any atom is 0.0454 e. The van der Waals surface area contributed by atoms with Crippen LogP contribution in [0.4, 0.5) is 5.69 Å². The van der Waals surface area contributed by atoms with Gasteiger partial charge in [0.2, 0.25) is 0 Å². The van der Waals surface area contributed by atoms with Gasteiger partial charge in [-0.1, -0.05) is 64.1 Å². The lowest BCUT2D eigenvalue weighted by atomic mass is 9.81. The van der Waals surface area contributed by atoms with Crippen LogP contribution in [0.15, 0.2) is 48.2 Å². The summed E-state index contributed by atoms with van der Waals surface area (Å²) in [5, 5.41) is 2.71. The van der Waals surface area contributed by atoms with E-state index in [4.69, 9.17) is 0 Å². The van der Waals surface area contributed by atoms with Crippen LogP contribution in [0.5, 0.6) is 0 Å². The number of fused-ring (bicyclic) bond motifs is 3. The molecule has 3 rings (SSSR count). The first-order chi connectivity index (χ1) is 9.57. The molecule has 2 aromatic rings. The Bertz CT molecular complexity index is 650. The van der Waals surface area contributed by atoms with Crippen LogP contribution in [-0.2, 0) is 5.41 Å². The second kappa shape index (κ2) is 5.32. The van der Waals surface area contributed by atoms with Gasteiger partial charge in [0.25, 0.3) is 0 Å². The van der Waals surface area contributed by atoms with E-state index >= 15 is 0 Å². The third-order valence-corrected chi connectivity index (χ3v) is 4.17. The van der Waals surface area contributed by atoms with Gasteiger partial charge in [-0.05, 0) is 29.3 Å². The molecule has 1 heterocycles. The molecule has 0 bridgehead atoms. The minimum Gasteiger partial charge on any atom is -0.347 e. The van der Waals surface area contributed by atoms with E-state index in [1.165, 1.54) is 27.7 Å². The summed E-state index contributed by atoms with van der Waals surface area (Å²) in [4.78, 5) is 2.32. The van der Waals surface area contributed by atoms with Crippen molar-refractivity contribution < 1.29 is 0 Å². The molecule has 20 heavy (non-hydrogen) atoms. The average Bonchev–Trinajstić information content (AvgIpc) is 2.67. The Morgan fingerprint density at radius 1 is 1.00 bits per heavy atom. The van der Waals surface area contributed by atoms with Crippen molar-refractivity contribution in [2.45, 2.75) is 40.0 Å². The SMILES string of the molecule is C/C=C1/N(C)c2ccc3ccccc3c2C1(C)C.CC. The summed E-state index contributed by atoms with van der Waals surface area (Å²) >= 11 is 0. The smallest absolute Gasteiger partial charge is 0.0454 e. The van der Waals surface area contributed by atoms with Crippen molar-refractivity contribution in [3.05, 3.63) is 53.7 Å². The third-order valence-electron chi connectivity index (χ3n) is 4.17. The molecule has 2 aromatic carbocycles. The number of allylic oxidation sites excluding steroid dienone is 2. The molecule has 0 radical (unpaired) electrons. The van der Waals surface area contributed by atoms with Crippen LogP contribution in [-0.4, -0.2) is 7.05 Å². The molecular formula is C19H25N. The van der Waals surface area contributed by atoms with Crippen molar-refractivity contribution in [2.24, 2.45) is 0 Å². The van der Waals surface area contributed by atoms with Gasteiger partial charge in [-0.25, -0.2) is 0 Å². The Morgan fingerprint density at radius 3 is 2.30 bits per heavy atom. The number of anilines is 1. The fourth-order valence-electron chi connectivity index (χ4n) is 3.43. The average molecular weight is 267 g/mol. The summed E-state index contributed by atoms with van der Waals surface area (Å²) in [6, 6.07) is 13.1. The van der Waals surface area contributed by atoms with Crippen molar-refractivity contribution >= 4 is 16.5 Å². The number of nitrogens with zero attached hydrogens (tertiary/aromatic N) is 1. The van der Waals surface area contributed by atoms with Gasteiger partial charge >= 0.3 is 0 Å². The summed E-state index contributed by atoms with van der Waals surface area (Å²) in [6.07, 6.45) is 2.23. The molecule has 1 aliphatic rings. The lowest BCUT2D eigenvalue weighted by Gasteiger charge is -2.24. The third kappa shape index (κ3) is 1.93. The van der Waals surface area contributed by atoms with Crippen molar-refractivity contribution in [1.29, 1.82) is 0 Å². The Kier molecular flexibility index (Phi) is 3.89. The summed E-state index contributed by atoms with van der Waals surface area (Å²) in [5.41, 5.74) is 4.26. The van der Waals surface area contributed by atoms with Gasteiger partial charge in [-0.15, -0.1) is 0 Å². The molecular weight excluding hydrogens is 242 g/mol. The van der Waals surface area contributed by atoms with Gasteiger partial charge < -0.3 is 4.90 Å². The highest BCUT2D eigenvalue weighted by atomic mass is 15.2. The molecule has 1 aliphatic heterocycles. The highest BCUT2D eigenvalue weighted by Crippen LogP contribution is 2.49. The fraction of sp³-hybridized carbons (Fsp3) is 0.368. The Labute approximate surface area is 122 Å². The molecule has 0 N–H and O–H groups in total. The zero-order valence-electron chi connectivity index (χ0n) is 13.5. The molecule has 0 spiro atoms. The minimum absolute atomic E-state index is 0.0830. The molecule has 1 nitrogen and oxygen atoms in total. The molecule has 0 aliphatic carbocycles. The summed E-state index contributed by atoms with van der Waals surface area (Å²) in [5.74, 6) is 0. The van der Waals surface area contributed by atoms with E-state index in [1.54, 1.807) is 0 Å². The van der Waals surface area contributed by atoms with Crippen LogP contribution in [0.3, 0.4) is 0 Å². The van der Waals surface area contributed by atoms with Crippen molar-refractivity contribution in [2.75, 3.05) is 11.9 Å². The standard InChI is InChI=1S/C17H19N.C2H6/c1-5-15-17(2,3)16-13-9-7-6-8-12(13)10-11-14(16)18(15)4;1-2/h5-11H,1-4H3;1-2H3/b15-5+;. The van der Waals surface area contributed by atoms with Crippen LogP contribution >= 0.6 is 0 Å². The van der Waals surface area contributed by atoms with E-state index in [1.807, 2.05) is 13.8 Å². The van der Waals surface area contributed by atoms with E-state index < -0.39 is 0 Å². The number of rotatable bonds is 0. The van der Waals surface area contributed by atoms with Gasteiger partial charge in [0, 0.05) is 23.8 Å². The first-order valence-corrected chi connectivity index (χ1v) is 7.50. The number of likely N-dealkylation sites (N-methyl/N-ethyl adjacent to an activating group) is 1. The largest absolute Gasteiger partial charge is 0.347 e. The van der Waals surface area contributed by atoms with Crippen LogP contribution in [0.25, 0.3) is 10.8 Å². The monoisotopic (exact) mass is 267 g/mol. The van der Waals surface area contributed by atoms with Gasteiger partial charge in [0.1, 0.15) is 0 Å². The zero-order chi connectivity index (χ0) is 14.9. The first-order valence-electron chi connectivity index (χ1n) is 7.50. The molecule has 0 atom stereocenters. The molecule has 0 saturated heterocycles. The van der Waals surface area contributed by atoms with Crippen LogP contribution in [0.1, 0.15) is 40.2 Å². The molecule has 0 amide bonds. The second-order valence-electron chi connectivity index (χ2n) is 5.54. The lowest BCUT2D eigenvalue weighted by Crippen LogP contribution is -2.22. The highest BCUT2D eigenvalue weighted by Gasteiger charge is 2.39. The molecule has 0 aromatic heterocycles. The topological polar surface area (TPSA) is 3.24 Å². The predicted molar refractivity (Wildman–Crippen MR) is 90.5 cm³/mol. The van der Waals surface area contributed by atoms with Crippen LogP contribution in [0.2, 0.25) is 0 Å². The van der Waals surface area contributed by atoms with E-state index in [-0.39, 0.29) is 5.41 Å². The van der Waals surface area contributed by atoms with E-state index in [9.17, 15) is 0 Å². The highest BCUT2D eigenvalue weighted by molar-refractivity contribution is 5.94. The van der Waals surface area contributed by atoms with E-state index in [0.717, 1.165) is 0 Å². The Balaban J connectivity index is 0.000000704. The van der Waals surface area contributed by atoms with Crippen molar-refractivity contribution in [3.8, 4) is 0 Å². The maximum atomic E-state index is 2.32. The van der Waals surface area contributed by atoms with Gasteiger partial charge in [0.15, 0.2) is 0 Å². The molecule has 1 heteroatoms. The van der Waals surface area contributed by atoms with Gasteiger partial charge in [-0.2, -0.15) is 0 Å². The van der Waals surface area contributed by atoms with Gasteiger partial charge in [-0.3, -0.25) is 0 Å². The van der Waals surface area contributed by atoms with Crippen molar-refractivity contribution in [1.82, 2.24) is 0 Å². The summed E-state index contributed by atoms with van der Waals surface area (Å²) in [7, 11) is 2.16. The van der Waals surface area contributed by atoms with Crippen LogP contribution < -0.4 is 4.90 Å². The zero-order valence-corrected chi connectivity index (χ0v) is 13.5. The number of hydrogen-bond donors (Lipinski definition) is 0. The summed E-state index contributed by atoms with van der Waals surface area (Å²) in [6.45, 7) is 10.8. The Hall–Kier alpha value is -1.76. The van der Waals surface area contributed by atoms with E-state index in [0.29, 0.717) is 0 Å². The minimum atomic E-state index is 0.0830. The second-order valence-corrected chi connectivity index (χ2v) is 5.54. The van der Waals surface area contributed by atoms with Crippen LogP contribution in [0, 0.1) is 0 Å². The molecule has 0 saturated carbocycles. The van der Waals surface area contributed by atoms with Crippen molar-refractivity contribution in [3.63, 3.8) is 0 Å². The maximum absolute atomic E-state index is 2.32. The van der Waals surface area contributed by atoms with Gasteiger partial charge in [0.05, 0.1) is 0 Å². The Morgan fingerprint density at radius 2 is 1.65 bits per heavy atom. The van der Waals surface area contributed by atoms with E-state index in [2.05, 4.69) is 75.2 Å². The lowest BCUT2D eigenvalue weighted by molar-refractivity contribution is 0.643. The number of benzene rings is 2. The molecule has 0 fully saturated rings. The normalized spacial score (nSPS) is 17.9. The number of hydrogen-bond acceptors (Lipinski definition) is 1.